The third kappa shape index (κ3) is 3.95. The standard InChI is InChI=1S/C14H18ClN3O2/c1-9(2)7-11(16)14-18-17-13(20-14)8-19-12-6-4-3-5-10(12)15/h3-6,9,11H,7-8,16H2,1-2H3. The monoisotopic (exact) mass is 295 g/mol. The van der Waals surface area contributed by atoms with Gasteiger partial charge in [-0.1, -0.05) is 37.6 Å². The molecule has 2 N–H and O–H groups in total. The molecule has 0 aliphatic carbocycles. The summed E-state index contributed by atoms with van der Waals surface area (Å²) in [6, 6.07) is 6.99. The molecule has 0 aliphatic rings. The first kappa shape index (κ1) is 14.8. The number of nitrogens with zero attached hydrogens (tertiary/aromatic N) is 2. The second kappa shape index (κ2) is 6.72. The van der Waals surface area contributed by atoms with Crippen molar-refractivity contribution >= 4 is 11.6 Å². The van der Waals surface area contributed by atoms with E-state index in [4.69, 9.17) is 26.5 Å². The highest BCUT2D eigenvalue weighted by molar-refractivity contribution is 6.32. The van der Waals surface area contributed by atoms with Crippen molar-refractivity contribution in [3.05, 3.63) is 41.1 Å². The van der Waals surface area contributed by atoms with Gasteiger partial charge in [-0.05, 0) is 24.5 Å². The highest BCUT2D eigenvalue weighted by atomic mass is 35.5. The fourth-order valence-corrected chi connectivity index (χ4v) is 1.98. The van der Waals surface area contributed by atoms with Crippen LogP contribution in [0.4, 0.5) is 0 Å². The van der Waals surface area contributed by atoms with Crippen LogP contribution in [-0.2, 0) is 6.61 Å². The van der Waals surface area contributed by atoms with Crippen LogP contribution in [0.5, 0.6) is 5.75 Å². The van der Waals surface area contributed by atoms with E-state index >= 15 is 0 Å². The normalized spacial score (nSPS) is 12.7. The van der Waals surface area contributed by atoms with Crippen LogP contribution in [0.25, 0.3) is 0 Å². The maximum atomic E-state index is 5.99. The molecule has 0 saturated carbocycles. The first-order valence-electron chi connectivity index (χ1n) is 6.51. The van der Waals surface area contributed by atoms with E-state index in [-0.39, 0.29) is 12.6 Å². The molecule has 0 fully saturated rings. The molecule has 20 heavy (non-hydrogen) atoms. The van der Waals surface area contributed by atoms with Gasteiger partial charge in [0.25, 0.3) is 5.89 Å². The molecule has 0 aliphatic heterocycles. The second-order valence-electron chi connectivity index (χ2n) is 4.99. The Morgan fingerprint density at radius 3 is 2.75 bits per heavy atom. The van der Waals surface area contributed by atoms with E-state index in [2.05, 4.69) is 24.0 Å². The predicted molar refractivity (Wildman–Crippen MR) is 76.5 cm³/mol. The maximum absolute atomic E-state index is 5.99. The minimum Gasteiger partial charge on any atom is -0.482 e. The minimum absolute atomic E-state index is 0.172. The third-order valence-electron chi connectivity index (χ3n) is 2.71. The average molecular weight is 296 g/mol. The zero-order chi connectivity index (χ0) is 14.5. The lowest BCUT2D eigenvalue weighted by Crippen LogP contribution is -2.13. The smallest absolute Gasteiger partial charge is 0.253 e. The Morgan fingerprint density at radius 1 is 1.30 bits per heavy atom. The second-order valence-corrected chi connectivity index (χ2v) is 5.40. The van der Waals surface area contributed by atoms with Gasteiger partial charge in [0.2, 0.25) is 5.89 Å². The predicted octanol–water partition coefficient (Wildman–Crippen LogP) is 3.35. The van der Waals surface area contributed by atoms with Gasteiger partial charge in [-0.25, -0.2) is 0 Å². The summed E-state index contributed by atoms with van der Waals surface area (Å²) in [5.41, 5.74) is 5.98. The summed E-state index contributed by atoms with van der Waals surface area (Å²) >= 11 is 5.99. The first-order chi connectivity index (χ1) is 9.56. The number of nitrogens with two attached hydrogens (primary N) is 1. The lowest BCUT2D eigenvalue weighted by atomic mass is 10.1. The van der Waals surface area contributed by atoms with Crippen LogP contribution in [0.2, 0.25) is 5.02 Å². The van der Waals surface area contributed by atoms with Crippen molar-refractivity contribution in [3.8, 4) is 5.75 Å². The topological polar surface area (TPSA) is 74.2 Å². The molecule has 0 bridgehead atoms. The maximum Gasteiger partial charge on any atom is 0.253 e. The van der Waals surface area contributed by atoms with Crippen molar-refractivity contribution in [1.29, 1.82) is 0 Å². The first-order valence-corrected chi connectivity index (χ1v) is 6.89. The Morgan fingerprint density at radius 2 is 2.05 bits per heavy atom. The Hall–Kier alpha value is -1.59. The number of hydrogen-bond donors (Lipinski definition) is 1. The van der Waals surface area contributed by atoms with Crippen molar-refractivity contribution < 1.29 is 9.15 Å². The highest BCUT2D eigenvalue weighted by Gasteiger charge is 2.16. The molecule has 108 valence electrons. The molecule has 0 spiro atoms. The summed E-state index contributed by atoms with van der Waals surface area (Å²) in [6.45, 7) is 4.36. The lowest BCUT2D eigenvalue weighted by Gasteiger charge is -2.09. The van der Waals surface area contributed by atoms with Crippen molar-refractivity contribution in [2.45, 2.75) is 32.9 Å². The van der Waals surface area contributed by atoms with Gasteiger partial charge in [-0.2, -0.15) is 0 Å². The van der Waals surface area contributed by atoms with Gasteiger partial charge in [0, 0.05) is 0 Å². The van der Waals surface area contributed by atoms with E-state index in [0.717, 1.165) is 6.42 Å². The van der Waals surface area contributed by atoms with Crippen LogP contribution in [0.15, 0.2) is 28.7 Å². The third-order valence-corrected chi connectivity index (χ3v) is 3.03. The summed E-state index contributed by atoms with van der Waals surface area (Å²) in [7, 11) is 0. The number of rotatable bonds is 6. The number of ether oxygens (including phenoxy) is 1. The van der Waals surface area contributed by atoms with E-state index < -0.39 is 0 Å². The van der Waals surface area contributed by atoms with Crippen molar-refractivity contribution in [2.24, 2.45) is 11.7 Å². The fraction of sp³-hybridized carbons (Fsp3) is 0.429. The molecule has 0 amide bonds. The van der Waals surface area contributed by atoms with Crippen molar-refractivity contribution in [2.75, 3.05) is 0 Å². The molecular formula is C14H18ClN3O2. The van der Waals surface area contributed by atoms with Crippen LogP contribution in [0.1, 0.15) is 38.1 Å². The van der Waals surface area contributed by atoms with E-state index in [0.29, 0.717) is 28.5 Å². The summed E-state index contributed by atoms with van der Waals surface area (Å²) in [5.74, 6) is 1.88. The van der Waals surface area contributed by atoms with Gasteiger partial charge in [-0.15, -0.1) is 10.2 Å². The summed E-state index contributed by atoms with van der Waals surface area (Å²) in [4.78, 5) is 0. The zero-order valence-electron chi connectivity index (χ0n) is 11.5. The van der Waals surface area contributed by atoms with Crippen LogP contribution in [0.3, 0.4) is 0 Å². The van der Waals surface area contributed by atoms with Crippen LogP contribution in [0, 0.1) is 5.92 Å². The molecule has 0 saturated heterocycles. The number of halogens is 1. The molecule has 1 heterocycles. The summed E-state index contributed by atoms with van der Waals surface area (Å²) < 4.78 is 11.0. The minimum atomic E-state index is -0.239. The molecule has 1 aromatic carbocycles. The van der Waals surface area contributed by atoms with Crippen LogP contribution < -0.4 is 10.5 Å². The Bertz CT molecular complexity index is 557. The fourth-order valence-electron chi connectivity index (χ4n) is 1.78. The molecule has 1 unspecified atom stereocenters. The van der Waals surface area contributed by atoms with Gasteiger partial charge >= 0.3 is 0 Å². The SMILES string of the molecule is CC(C)CC(N)c1nnc(COc2ccccc2Cl)o1. The molecule has 5 nitrogen and oxygen atoms in total. The summed E-state index contributed by atoms with van der Waals surface area (Å²) in [5, 5.41) is 8.42. The van der Waals surface area contributed by atoms with Crippen LogP contribution >= 0.6 is 11.6 Å². The molecule has 2 rings (SSSR count). The van der Waals surface area contributed by atoms with E-state index in [1.165, 1.54) is 0 Å². The van der Waals surface area contributed by atoms with Gasteiger partial charge in [0.15, 0.2) is 6.61 Å². The number of aromatic nitrogens is 2. The number of para-hydroxylation sites is 1. The van der Waals surface area contributed by atoms with E-state index in [9.17, 15) is 0 Å². The molecule has 1 atom stereocenters. The quantitative estimate of drug-likeness (QED) is 0.884. The van der Waals surface area contributed by atoms with Crippen LogP contribution in [-0.4, -0.2) is 10.2 Å². The largest absolute Gasteiger partial charge is 0.482 e. The molecule has 2 aromatic rings. The lowest BCUT2D eigenvalue weighted by molar-refractivity contribution is 0.254. The van der Waals surface area contributed by atoms with Gasteiger partial charge < -0.3 is 14.9 Å². The Kier molecular flexibility index (Phi) is 4.98. The Balaban J connectivity index is 1.95. The molecule has 0 radical (unpaired) electrons. The van der Waals surface area contributed by atoms with Gasteiger partial charge in [-0.3, -0.25) is 0 Å². The van der Waals surface area contributed by atoms with Crippen molar-refractivity contribution in [1.82, 2.24) is 10.2 Å². The average Bonchev–Trinajstić information content (AvgIpc) is 2.86. The van der Waals surface area contributed by atoms with Gasteiger partial charge in [0.05, 0.1) is 11.1 Å². The van der Waals surface area contributed by atoms with Gasteiger partial charge in [0.1, 0.15) is 5.75 Å². The van der Waals surface area contributed by atoms with E-state index in [1.54, 1.807) is 12.1 Å². The Labute approximate surface area is 123 Å². The number of hydrogen-bond acceptors (Lipinski definition) is 5. The van der Waals surface area contributed by atoms with Crippen molar-refractivity contribution in [3.63, 3.8) is 0 Å². The molecular weight excluding hydrogens is 278 g/mol. The molecule has 6 heteroatoms. The van der Waals surface area contributed by atoms with E-state index in [1.807, 2.05) is 12.1 Å². The highest BCUT2D eigenvalue weighted by Crippen LogP contribution is 2.24. The number of benzene rings is 1. The molecule has 1 aromatic heterocycles. The zero-order valence-corrected chi connectivity index (χ0v) is 12.3. The summed E-state index contributed by atoms with van der Waals surface area (Å²) in [6.07, 6.45) is 0.799.